The number of nitrogens with one attached hydrogen (secondary N) is 3. The number of carbonyl (C=O) groups is 2. The Hall–Kier alpha value is -1.39. The Morgan fingerprint density at radius 1 is 0.577 bits per heavy atom. The fraction of sp³-hybridized carbons (Fsp3) is 0.941. The van der Waals surface area contributed by atoms with E-state index < -0.39 is 0 Å². The van der Waals surface area contributed by atoms with E-state index in [2.05, 4.69) is 16.0 Å². The molecule has 0 aromatic carbocycles. The molecular weight excluding hydrogens is 706 g/mol. The normalized spacial score (nSPS) is 18.1. The molecule has 3 atom stereocenters. The first-order chi connectivity index (χ1) is 25.7. The number of hydrogen-bond donors (Lipinski definition) is 4. The van der Waals surface area contributed by atoms with Crippen LogP contribution in [0.15, 0.2) is 0 Å². The van der Waals surface area contributed by atoms with Gasteiger partial charge in [-0.3, -0.25) is 4.79 Å². The van der Waals surface area contributed by atoms with Crippen LogP contribution in [0.3, 0.4) is 0 Å². The number of amides is 3. The van der Waals surface area contributed by atoms with E-state index in [1.807, 2.05) is 11.8 Å². The van der Waals surface area contributed by atoms with Gasteiger partial charge in [-0.05, 0) is 12.8 Å². The van der Waals surface area contributed by atoms with Crippen LogP contribution in [0.4, 0.5) is 4.79 Å². The molecule has 0 spiro atoms. The van der Waals surface area contributed by atoms with E-state index in [1.54, 1.807) is 0 Å². The van der Waals surface area contributed by atoms with Gasteiger partial charge in [0, 0.05) is 24.0 Å². The van der Waals surface area contributed by atoms with E-state index in [-0.39, 0.29) is 30.6 Å². The summed E-state index contributed by atoms with van der Waals surface area (Å²) in [5.74, 6) is 1.00. The average molecular weight is 772 g/mol. The van der Waals surface area contributed by atoms with Crippen LogP contribution in [-0.4, -0.2) is 199 Å². The van der Waals surface area contributed by atoms with Gasteiger partial charge in [-0.15, -0.1) is 0 Å². The van der Waals surface area contributed by atoms with Crippen molar-refractivity contribution in [2.75, 3.05) is 164 Å². The van der Waals surface area contributed by atoms with E-state index in [1.165, 1.54) is 0 Å². The first-order valence-corrected chi connectivity index (χ1v) is 19.7. The summed E-state index contributed by atoms with van der Waals surface area (Å²) in [6.45, 7) is 11.0. The number of hydrogen-bond acceptors (Lipinski definition) is 15. The summed E-state index contributed by atoms with van der Waals surface area (Å²) in [5.41, 5.74) is 0. The van der Waals surface area contributed by atoms with Crippen molar-refractivity contribution >= 4 is 23.7 Å². The molecule has 0 bridgehead atoms. The van der Waals surface area contributed by atoms with Crippen LogP contribution in [0.5, 0.6) is 0 Å². The van der Waals surface area contributed by atoms with Crippen molar-refractivity contribution in [1.82, 2.24) is 16.0 Å². The third kappa shape index (κ3) is 27.2. The number of thioether (sulfide) groups is 1. The molecule has 52 heavy (non-hydrogen) atoms. The van der Waals surface area contributed by atoms with Crippen molar-refractivity contribution in [1.29, 1.82) is 0 Å². The lowest BCUT2D eigenvalue weighted by Crippen LogP contribution is -2.36. The Balaban J connectivity index is 1.15. The fourth-order valence-electron chi connectivity index (χ4n) is 4.99. The van der Waals surface area contributed by atoms with E-state index in [0.717, 1.165) is 25.0 Å². The smallest absolute Gasteiger partial charge is 0.315 e. The van der Waals surface area contributed by atoms with E-state index in [4.69, 9.17) is 57.2 Å². The molecule has 306 valence electrons. The number of rotatable bonds is 40. The van der Waals surface area contributed by atoms with Gasteiger partial charge in [-0.2, -0.15) is 11.8 Å². The minimum Gasteiger partial charge on any atom is -0.394 e. The summed E-state index contributed by atoms with van der Waals surface area (Å²) in [6.07, 6.45) is 3.33. The zero-order valence-electron chi connectivity index (χ0n) is 30.9. The van der Waals surface area contributed by atoms with Crippen LogP contribution in [-0.2, 0) is 56.9 Å². The standard InChI is InChI=1S/C34H65N3O14S/c38-6-8-42-10-12-44-14-16-46-18-20-48-22-24-50-26-28-51-27-25-49-23-21-47-19-17-45-15-13-43-11-9-41-7-5-35-32(39)4-2-1-3-31-33-30(29-52-31)36-34(40)37-33/h30-31,33,38H,1-29H2,(H,35,39)(H2,36,37,40)/t30-,31-,33-/m0/s1. The lowest BCUT2D eigenvalue weighted by molar-refractivity contribution is -0.121. The number of fused-ring (bicyclic) bond motifs is 1. The van der Waals surface area contributed by atoms with Crippen molar-refractivity contribution < 1.29 is 66.8 Å². The van der Waals surface area contributed by atoms with Crippen molar-refractivity contribution in [3.05, 3.63) is 0 Å². The SMILES string of the molecule is O=C(CCCC[C@@H]1SC[C@@H]2NC(=O)N[C@@H]21)NCCOCCOCCOCCOCCOCCOCCOCCOCCOCCOCCOCCO. The number of urea groups is 1. The summed E-state index contributed by atoms with van der Waals surface area (Å²) >= 11 is 1.90. The third-order valence-corrected chi connectivity index (χ3v) is 9.11. The Kier molecular flexibility index (Phi) is 31.8. The maximum atomic E-state index is 12.0. The van der Waals surface area contributed by atoms with Gasteiger partial charge in [0.2, 0.25) is 5.91 Å². The molecule has 4 N–H and O–H groups in total. The number of ether oxygens (including phenoxy) is 11. The minimum atomic E-state index is -0.0616. The average Bonchev–Trinajstić information content (AvgIpc) is 3.70. The molecule has 0 radical (unpaired) electrons. The molecular formula is C34H65N3O14S. The van der Waals surface area contributed by atoms with Crippen LogP contribution >= 0.6 is 11.8 Å². The molecule has 17 nitrogen and oxygen atoms in total. The van der Waals surface area contributed by atoms with Crippen LogP contribution in [0, 0.1) is 0 Å². The number of aliphatic hydroxyl groups excluding tert-OH is 1. The molecule has 2 saturated heterocycles. The second-order valence-electron chi connectivity index (χ2n) is 11.7. The lowest BCUT2D eigenvalue weighted by Gasteiger charge is -2.16. The first kappa shape index (κ1) is 46.8. The van der Waals surface area contributed by atoms with Crippen LogP contribution < -0.4 is 16.0 Å². The summed E-state index contributed by atoms with van der Waals surface area (Å²) < 4.78 is 59.7. The van der Waals surface area contributed by atoms with Gasteiger partial charge in [-0.1, -0.05) is 6.42 Å². The van der Waals surface area contributed by atoms with Gasteiger partial charge in [0.05, 0.1) is 164 Å². The summed E-state index contributed by atoms with van der Waals surface area (Å²) in [5, 5.41) is 17.9. The molecule has 18 heteroatoms. The lowest BCUT2D eigenvalue weighted by atomic mass is 10.0. The van der Waals surface area contributed by atoms with Gasteiger partial charge >= 0.3 is 6.03 Å². The third-order valence-electron chi connectivity index (χ3n) is 7.60. The Morgan fingerprint density at radius 2 is 0.962 bits per heavy atom. The largest absolute Gasteiger partial charge is 0.394 e. The first-order valence-electron chi connectivity index (χ1n) is 18.6. The van der Waals surface area contributed by atoms with Crippen molar-refractivity contribution in [2.24, 2.45) is 0 Å². The number of unbranched alkanes of at least 4 members (excludes halogenated alkanes) is 1. The van der Waals surface area contributed by atoms with E-state index in [0.29, 0.717) is 164 Å². The quantitative estimate of drug-likeness (QED) is 0.0481. The van der Waals surface area contributed by atoms with Crippen molar-refractivity contribution in [2.45, 2.75) is 43.0 Å². The Labute approximate surface area is 313 Å². The summed E-state index contributed by atoms with van der Waals surface area (Å²) in [6, 6.07) is 0.404. The van der Waals surface area contributed by atoms with E-state index >= 15 is 0 Å². The Bertz CT molecular complexity index is 840. The van der Waals surface area contributed by atoms with Crippen LogP contribution in [0.1, 0.15) is 25.7 Å². The zero-order chi connectivity index (χ0) is 37.0. The second-order valence-corrected chi connectivity index (χ2v) is 12.9. The van der Waals surface area contributed by atoms with Crippen molar-refractivity contribution in [3.8, 4) is 0 Å². The maximum absolute atomic E-state index is 12.0. The molecule has 0 aromatic rings. The van der Waals surface area contributed by atoms with Gasteiger partial charge in [0.1, 0.15) is 0 Å². The van der Waals surface area contributed by atoms with E-state index in [9.17, 15) is 9.59 Å². The van der Waals surface area contributed by atoms with Crippen molar-refractivity contribution in [3.63, 3.8) is 0 Å². The highest BCUT2D eigenvalue weighted by Gasteiger charge is 2.42. The number of carbonyl (C=O) groups excluding carboxylic acids is 2. The van der Waals surface area contributed by atoms with Crippen LogP contribution in [0.25, 0.3) is 0 Å². The number of aliphatic hydroxyl groups is 1. The molecule has 2 fully saturated rings. The molecule has 2 aliphatic heterocycles. The zero-order valence-corrected chi connectivity index (χ0v) is 31.7. The fourth-order valence-corrected chi connectivity index (χ4v) is 6.53. The molecule has 0 aromatic heterocycles. The minimum absolute atomic E-state index is 0.0205. The predicted octanol–water partition coefficient (Wildman–Crippen LogP) is 0.00330. The molecule has 0 unspecified atom stereocenters. The highest BCUT2D eigenvalue weighted by Crippen LogP contribution is 2.33. The molecule has 0 aliphatic carbocycles. The monoisotopic (exact) mass is 771 g/mol. The Morgan fingerprint density at radius 3 is 1.37 bits per heavy atom. The maximum Gasteiger partial charge on any atom is 0.315 e. The summed E-state index contributed by atoms with van der Waals surface area (Å²) in [7, 11) is 0. The second kappa shape index (κ2) is 35.3. The van der Waals surface area contributed by atoms with Gasteiger partial charge in [0.15, 0.2) is 0 Å². The molecule has 2 rings (SSSR count). The highest BCUT2D eigenvalue weighted by atomic mass is 32.2. The molecule has 2 aliphatic rings. The topological polar surface area (TPSA) is 192 Å². The molecule has 3 amide bonds. The predicted molar refractivity (Wildman–Crippen MR) is 193 cm³/mol. The van der Waals surface area contributed by atoms with Gasteiger partial charge in [-0.25, -0.2) is 4.79 Å². The van der Waals surface area contributed by atoms with Gasteiger partial charge in [0.25, 0.3) is 0 Å². The molecule has 2 heterocycles. The summed E-state index contributed by atoms with van der Waals surface area (Å²) in [4.78, 5) is 23.5. The highest BCUT2D eigenvalue weighted by molar-refractivity contribution is 8.00. The molecule has 0 saturated carbocycles. The van der Waals surface area contributed by atoms with Crippen LogP contribution in [0.2, 0.25) is 0 Å². The van der Waals surface area contributed by atoms with Gasteiger partial charge < -0.3 is 73.2 Å².